The Hall–Kier alpha value is -1.36. The molecule has 0 fully saturated rings. The fourth-order valence-electron chi connectivity index (χ4n) is 1.78. The molecule has 4 nitrogen and oxygen atoms in total. The van der Waals surface area contributed by atoms with Gasteiger partial charge < -0.3 is 10.4 Å². The van der Waals surface area contributed by atoms with Crippen molar-refractivity contribution in [1.29, 1.82) is 0 Å². The van der Waals surface area contributed by atoms with Gasteiger partial charge >= 0.3 is 5.97 Å². The first-order valence-corrected chi connectivity index (χ1v) is 6.96. The summed E-state index contributed by atoms with van der Waals surface area (Å²) in [7, 11) is 0. The quantitative estimate of drug-likeness (QED) is 0.873. The van der Waals surface area contributed by atoms with Gasteiger partial charge in [-0.15, -0.1) is 0 Å². The largest absolute Gasteiger partial charge is 0.480 e. The van der Waals surface area contributed by atoms with E-state index in [1.165, 1.54) is 0 Å². The molecular weight excluding hydrogens is 310 g/mol. The van der Waals surface area contributed by atoms with Crippen molar-refractivity contribution in [3.63, 3.8) is 0 Å². The van der Waals surface area contributed by atoms with Crippen LogP contribution >= 0.6 is 15.9 Å². The lowest BCUT2D eigenvalue weighted by atomic mass is 9.98. The first-order chi connectivity index (χ1) is 8.86. The Balaban J connectivity index is 2.91. The molecule has 0 aliphatic carbocycles. The second-order valence-electron chi connectivity index (χ2n) is 4.63. The zero-order chi connectivity index (χ0) is 14.6. The van der Waals surface area contributed by atoms with Gasteiger partial charge in [-0.2, -0.15) is 0 Å². The van der Waals surface area contributed by atoms with Gasteiger partial charge in [-0.3, -0.25) is 4.79 Å². The maximum atomic E-state index is 12.1. The van der Waals surface area contributed by atoms with Crippen molar-refractivity contribution in [2.24, 2.45) is 5.92 Å². The summed E-state index contributed by atoms with van der Waals surface area (Å²) >= 11 is 3.33. The Labute approximate surface area is 121 Å². The summed E-state index contributed by atoms with van der Waals surface area (Å²) in [5.41, 5.74) is 1.30. The molecule has 1 aromatic rings. The van der Waals surface area contributed by atoms with Crippen LogP contribution in [0, 0.1) is 12.8 Å². The van der Waals surface area contributed by atoms with Gasteiger partial charge in [0, 0.05) is 10.0 Å². The van der Waals surface area contributed by atoms with Crippen LogP contribution in [0.3, 0.4) is 0 Å². The Kier molecular flexibility index (Phi) is 5.54. The van der Waals surface area contributed by atoms with Crippen LogP contribution in [0.1, 0.15) is 36.2 Å². The molecule has 0 unspecified atom stereocenters. The van der Waals surface area contributed by atoms with E-state index in [9.17, 15) is 9.59 Å². The predicted molar refractivity (Wildman–Crippen MR) is 77.2 cm³/mol. The number of benzene rings is 1. The standard InChI is InChI=1S/C14H18BrNO3/c1-4-8(2)12(14(18)19)16-13(17)11-6-5-10(15)7-9(11)3/h5-8,12H,4H2,1-3H3,(H,16,17)(H,18,19)/t8-,12-/m0/s1. The third-order valence-electron chi connectivity index (χ3n) is 3.20. The van der Waals surface area contributed by atoms with Crippen molar-refractivity contribution < 1.29 is 14.7 Å². The lowest BCUT2D eigenvalue weighted by molar-refractivity contribution is -0.140. The number of aryl methyl sites for hydroxylation is 1. The average Bonchev–Trinajstić information content (AvgIpc) is 2.34. The monoisotopic (exact) mass is 327 g/mol. The number of halogens is 1. The van der Waals surface area contributed by atoms with E-state index in [1.807, 2.05) is 26.8 Å². The molecule has 2 atom stereocenters. The van der Waals surface area contributed by atoms with Crippen LogP contribution in [-0.2, 0) is 4.79 Å². The Bertz CT molecular complexity index is 488. The Morgan fingerprint density at radius 1 is 1.42 bits per heavy atom. The summed E-state index contributed by atoms with van der Waals surface area (Å²) in [4.78, 5) is 23.3. The molecule has 19 heavy (non-hydrogen) atoms. The van der Waals surface area contributed by atoms with Crippen LogP contribution in [0.5, 0.6) is 0 Å². The molecule has 5 heteroatoms. The lowest BCUT2D eigenvalue weighted by Gasteiger charge is -2.20. The summed E-state index contributed by atoms with van der Waals surface area (Å²) in [5, 5.41) is 11.8. The average molecular weight is 328 g/mol. The number of carboxylic acids is 1. The summed E-state index contributed by atoms with van der Waals surface area (Å²) in [5.74, 6) is -1.47. The number of aliphatic carboxylic acids is 1. The summed E-state index contributed by atoms with van der Waals surface area (Å²) < 4.78 is 0.887. The fourth-order valence-corrected chi connectivity index (χ4v) is 2.26. The minimum Gasteiger partial charge on any atom is -0.480 e. The molecule has 1 aromatic carbocycles. The predicted octanol–water partition coefficient (Wildman–Crippen LogP) is 2.99. The number of amides is 1. The molecule has 0 saturated carbocycles. The van der Waals surface area contributed by atoms with Gasteiger partial charge in [0.05, 0.1) is 0 Å². The maximum absolute atomic E-state index is 12.1. The summed E-state index contributed by atoms with van der Waals surface area (Å²) in [6, 6.07) is 4.42. The van der Waals surface area contributed by atoms with Crippen molar-refractivity contribution in [3.8, 4) is 0 Å². The topological polar surface area (TPSA) is 66.4 Å². The van der Waals surface area contributed by atoms with E-state index in [0.29, 0.717) is 12.0 Å². The van der Waals surface area contributed by atoms with Gasteiger partial charge in [-0.25, -0.2) is 4.79 Å². The van der Waals surface area contributed by atoms with E-state index in [2.05, 4.69) is 21.2 Å². The first kappa shape index (κ1) is 15.7. The third kappa shape index (κ3) is 4.06. The number of hydrogen-bond acceptors (Lipinski definition) is 2. The number of carboxylic acid groups (broad SMARTS) is 1. The van der Waals surface area contributed by atoms with Crippen LogP contribution < -0.4 is 5.32 Å². The number of nitrogens with one attached hydrogen (secondary N) is 1. The molecule has 0 radical (unpaired) electrons. The highest BCUT2D eigenvalue weighted by Gasteiger charge is 2.26. The minimum absolute atomic E-state index is 0.114. The minimum atomic E-state index is -1.00. The second-order valence-corrected chi connectivity index (χ2v) is 5.55. The summed E-state index contributed by atoms with van der Waals surface area (Å²) in [6.45, 7) is 5.53. The molecule has 1 amide bonds. The number of hydrogen-bond donors (Lipinski definition) is 2. The van der Waals surface area contributed by atoms with Gasteiger partial charge in [0.25, 0.3) is 5.91 Å². The summed E-state index contributed by atoms with van der Waals surface area (Å²) in [6.07, 6.45) is 0.691. The molecule has 0 spiro atoms. The van der Waals surface area contributed by atoms with Crippen LogP contribution in [0.2, 0.25) is 0 Å². The van der Waals surface area contributed by atoms with Crippen LogP contribution in [0.4, 0.5) is 0 Å². The van der Waals surface area contributed by atoms with E-state index in [0.717, 1.165) is 10.0 Å². The number of rotatable bonds is 5. The Morgan fingerprint density at radius 2 is 2.05 bits per heavy atom. The zero-order valence-electron chi connectivity index (χ0n) is 11.2. The fraction of sp³-hybridized carbons (Fsp3) is 0.429. The normalized spacial score (nSPS) is 13.7. The molecule has 0 aromatic heterocycles. The van der Waals surface area contributed by atoms with Gasteiger partial charge in [0.1, 0.15) is 6.04 Å². The molecule has 0 aliphatic rings. The highest BCUT2D eigenvalue weighted by Crippen LogP contribution is 2.16. The molecule has 0 aliphatic heterocycles. The van der Waals surface area contributed by atoms with E-state index in [1.54, 1.807) is 12.1 Å². The van der Waals surface area contributed by atoms with Crippen molar-refractivity contribution >= 4 is 27.8 Å². The van der Waals surface area contributed by atoms with Crippen molar-refractivity contribution in [2.75, 3.05) is 0 Å². The van der Waals surface area contributed by atoms with Crippen molar-refractivity contribution in [1.82, 2.24) is 5.32 Å². The van der Waals surface area contributed by atoms with Gasteiger partial charge in [-0.1, -0.05) is 36.2 Å². The molecule has 0 saturated heterocycles. The molecule has 104 valence electrons. The highest BCUT2D eigenvalue weighted by atomic mass is 79.9. The van der Waals surface area contributed by atoms with Crippen LogP contribution in [0.25, 0.3) is 0 Å². The van der Waals surface area contributed by atoms with Gasteiger partial charge in [0.15, 0.2) is 0 Å². The smallest absolute Gasteiger partial charge is 0.326 e. The van der Waals surface area contributed by atoms with E-state index < -0.39 is 12.0 Å². The van der Waals surface area contributed by atoms with Gasteiger partial charge in [-0.05, 0) is 36.6 Å². The van der Waals surface area contributed by atoms with Crippen molar-refractivity contribution in [3.05, 3.63) is 33.8 Å². The number of carbonyl (C=O) groups is 2. The molecule has 0 heterocycles. The number of carbonyl (C=O) groups excluding carboxylic acids is 1. The molecule has 0 bridgehead atoms. The lowest BCUT2D eigenvalue weighted by Crippen LogP contribution is -2.45. The van der Waals surface area contributed by atoms with Crippen molar-refractivity contribution in [2.45, 2.75) is 33.2 Å². The first-order valence-electron chi connectivity index (χ1n) is 6.16. The second kappa shape index (κ2) is 6.70. The van der Waals surface area contributed by atoms with E-state index in [-0.39, 0.29) is 11.8 Å². The van der Waals surface area contributed by atoms with Crippen LogP contribution in [0.15, 0.2) is 22.7 Å². The molecule has 2 N–H and O–H groups in total. The highest BCUT2D eigenvalue weighted by molar-refractivity contribution is 9.10. The van der Waals surface area contributed by atoms with E-state index >= 15 is 0 Å². The van der Waals surface area contributed by atoms with Gasteiger partial charge in [0.2, 0.25) is 0 Å². The van der Waals surface area contributed by atoms with E-state index in [4.69, 9.17) is 5.11 Å². The molecular formula is C14H18BrNO3. The third-order valence-corrected chi connectivity index (χ3v) is 3.69. The maximum Gasteiger partial charge on any atom is 0.326 e. The zero-order valence-corrected chi connectivity index (χ0v) is 12.8. The van der Waals surface area contributed by atoms with Crippen LogP contribution in [-0.4, -0.2) is 23.0 Å². The SMILES string of the molecule is CC[C@H](C)[C@H](NC(=O)c1ccc(Br)cc1C)C(=O)O. The Morgan fingerprint density at radius 3 is 2.53 bits per heavy atom. The molecule has 1 rings (SSSR count).